The molecule has 0 radical (unpaired) electrons. The third kappa shape index (κ3) is 8.09. The van der Waals surface area contributed by atoms with Crippen LogP contribution in [0.4, 0.5) is 17.1 Å². The summed E-state index contributed by atoms with van der Waals surface area (Å²) in [5.41, 5.74) is 11.2. The summed E-state index contributed by atoms with van der Waals surface area (Å²) in [6.45, 7) is 5.18. The highest BCUT2D eigenvalue weighted by atomic mass is 16.4. The van der Waals surface area contributed by atoms with Crippen LogP contribution in [-0.2, 0) is 14.4 Å². The van der Waals surface area contributed by atoms with Gasteiger partial charge in [0, 0.05) is 30.2 Å². The normalized spacial score (nSPS) is 13.8. The van der Waals surface area contributed by atoms with E-state index in [-0.39, 0.29) is 17.4 Å². The van der Waals surface area contributed by atoms with Crippen molar-refractivity contribution in [3.8, 4) is 28.3 Å². The summed E-state index contributed by atoms with van der Waals surface area (Å²) in [5, 5.41) is 18.4. The van der Waals surface area contributed by atoms with E-state index in [4.69, 9.17) is 5.26 Å². The average molecular weight is 815 g/mol. The number of fused-ring (bicyclic) bond motifs is 1. The molecular weight excluding hydrogens is 769 g/mol. The lowest BCUT2D eigenvalue weighted by Gasteiger charge is -2.26. The average Bonchev–Trinajstić information content (AvgIpc) is 3.76. The van der Waals surface area contributed by atoms with Crippen molar-refractivity contribution in [2.24, 2.45) is 0 Å². The Labute approximate surface area is 362 Å². The minimum absolute atomic E-state index is 0.155. The fourth-order valence-corrected chi connectivity index (χ4v) is 8.18. The quantitative estimate of drug-likeness (QED) is 0.0817. The number of carbonyl (C=O) groups is 3. The fourth-order valence-electron chi connectivity index (χ4n) is 8.18. The van der Waals surface area contributed by atoms with Crippen molar-refractivity contribution in [3.05, 3.63) is 191 Å². The predicted molar refractivity (Wildman–Crippen MR) is 247 cm³/mol. The number of para-hydroxylation sites is 2. The molecule has 0 aliphatic carbocycles. The van der Waals surface area contributed by atoms with Gasteiger partial charge in [0.1, 0.15) is 11.6 Å². The Morgan fingerprint density at radius 1 is 0.548 bits per heavy atom. The third-order valence-electron chi connectivity index (χ3n) is 11.4. The van der Waals surface area contributed by atoms with Gasteiger partial charge < -0.3 is 19.8 Å². The molecule has 0 unspecified atom stereocenters. The molecule has 8 heteroatoms. The lowest BCUT2D eigenvalue weighted by Crippen LogP contribution is -2.31. The highest BCUT2D eigenvalue weighted by Gasteiger charge is 2.48. The lowest BCUT2D eigenvalue weighted by molar-refractivity contribution is -0.132. The monoisotopic (exact) mass is 814 g/mol. The van der Waals surface area contributed by atoms with E-state index < -0.39 is 5.97 Å². The van der Waals surface area contributed by atoms with Crippen LogP contribution < -0.4 is 4.90 Å². The second-order valence-corrected chi connectivity index (χ2v) is 15.4. The summed E-state index contributed by atoms with van der Waals surface area (Å²) < 4.78 is 0. The van der Waals surface area contributed by atoms with E-state index >= 15 is 0 Å². The molecule has 6 aromatic rings. The number of nitrogens with zero attached hydrogens (tertiary/aromatic N) is 4. The van der Waals surface area contributed by atoms with Gasteiger partial charge in [-0.05, 0) is 94.3 Å². The van der Waals surface area contributed by atoms with Gasteiger partial charge in [0.05, 0.1) is 22.5 Å². The van der Waals surface area contributed by atoms with Crippen molar-refractivity contribution in [2.45, 2.75) is 39.5 Å². The summed E-state index contributed by atoms with van der Waals surface area (Å²) in [7, 11) is 0. The summed E-state index contributed by atoms with van der Waals surface area (Å²) >= 11 is 0. The molecule has 0 spiro atoms. The fraction of sp³-hybridized carbons (Fsp3) is 0.148. The molecule has 2 heterocycles. The van der Waals surface area contributed by atoms with Crippen molar-refractivity contribution < 1.29 is 19.5 Å². The first-order chi connectivity index (χ1) is 30.3. The van der Waals surface area contributed by atoms with Gasteiger partial charge in [-0.2, -0.15) is 5.26 Å². The second-order valence-electron chi connectivity index (χ2n) is 15.4. The predicted octanol–water partition coefficient (Wildman–Crippen LogP) is 11.9. The van der Waals surface area contributed by atoms with E-state index in [0.717, 1.165) is 76.1 Å². The number of unbranched alkanes of at least 4 members (excludes halogenated alkanes) is 2. The van der Waals surface area contributed by atoms with Gasteiger partial charge in [0.2, 0.25) is 0 Å². The molecule has 0 bridgehead atoms. The van der Waals surface area contributed by atoms with Gasteiger partial charge in [-0.25, -0.2) is 4.79 Å². The van der Waals surface area contributed by atoms with Gasteiger partial charge in [0.25, 0.3) is 11.8 Å². The molecule has 0 atom stereocenters. The Kier molecular flexibility index (Phi) is 12.1. The summed E-state index contributed by atoms with van der Waals surface area (Å²) in [6, 6.07) is 54.2. The van der Waals surface area contributed by atoms with Crippen LogP contribution in [0.2, 0.25) is 0 Å². The van der Waals surface area contributed by atoms with E-state index in [1.54, 1.807) is 28.0 Å². The molecule has 2 aliphatic heterocycles. The van der Waals surface area contributed by atoms with E-state index in [0.29, 0.717) is 41.2 Å². The van der Waals surface area contributed by atoms with E-state index in [2.05, 4.69) is 79.4 Å². The van der Waals surface area contributed by atoms with Gasteiger partial charge in [-0.1, -0.05) is 148 Å². The molecule has 8 rings (SSSR count). The molecule has 2 aliphatic rings. The van der Waals surface area contributed by atoms with Crippen molar-refractivity contribution in [3.63, 3.8) is 0 Å². The molecule has 62 heavy (non-hydrogen) atoms. The Bertz CT molecular complexity index is 2710. The van der Waals surface area contributed by atoms with Crippen molar-refractivity contribution >= 4 is 52.3 Å². The number of anilines is 3. The Balaban J connectivity index is 1.13. The first kappa shape index (κ1) is 41.0. The number of amides is 2. The minimum atomic E-state index is -1.27. The number of aliphatic carboxylic acids is 1. The van der Waals surface area contributed by atoms with Gasteiger partial charge in [-0.3, -0.25) is 9.59 Å². The largest absolute Gasteiger partial charge is 0.477 e. The lowest BCUT2D eigenvalue weighted by atomic mass is 9.98. The molecule has 2 amide bonds. The number of hydrogen-bond donors (Lipinski definition) is 1. The van der Waals surface area contributed by atoms with Gasteiger partial charge in [0.15, 0.2) is 0 Å². The van der Waals surface area contributed by atoms with Gasteiger partial charge >= 0.3 is 5.97 Å². The number of rotatable bonds is 15. The number of carboxylic acid groups (broad SMARTS) is 1. The maximum atomic E-state index is 14.6. The summed E-state index contributed by atoms with van der Waals surface area (Å²) in [5.74, 6) is -1.58. The zero-order valence-electron chi connectivity index (χ0n) is 34.8. The Morgan fingerprint density at radius 2 is 0.903 bits per heavy atom. The van der Waals surface area contributed by atoms with Crippen LogP contribution in [0.3, 0.4) is 0 Å². The van der Waals surface area contributed by atoms with E-state index in [1.165, 1.54) is 6.08 Å². The zero-order chi connectivity index (χ0) is 43.2. The van der Waals surface area contributed by atoms with Crippen molar-refractivity contribution in [1.82, 2.24) is 9.80 Å². The molecule has 1 N–H and O–H groups in total. The highest BCUT2D eigenvalue weighted by molar-refractivity contribution is 6.30. The molecule has 0 saturated heterocycles. The molecular formula is C54H46N4O4. The standard InChI is InChI=1S/C54H46N4O4/c1-3-5-33-56-50(42-25-21-39(22-26-42)38-19-17-37(18-20-38)35-44(36-55)54(61)62)48-49(53(56)60)51(57(52(48)59)34-6-4-2)43-27-23-40(24-28-43)41-29-31-47(32-30-41)58(45-13-9-7-10-14-45)46-15-11-8-12-16-46/h7-32,35H,3-6,33-34H2,1-2H3,(H,61,62)/b44-35+. The molecule has 8 nitrogen and oxygen atoms in total. The maximum Gasteiger partial charge on any atom is 0.346 e. The smallest absolute Gasteiger partial charge is 0.346 e. The van der Waals surface area contributed by atoms with Crippen LogP contribution >= 0.6 is 0 Å². The number of carbonyl (C=O) groups excluding carboxylic acids is 2. The number of carboxylic acids is 1. The first-order valence-corrected chi connectivity index (χ1v) is 21.1. The molecule has 0 saturated carbocycles. The van der Waals surface area contributed by atoms with Crippen LogP contribution in [0.1, 0.15) is 56.2 Å². The van der Waals surface area contributed by atoms with Gasteiger partial charge in [-0.15, -0.1) is 0 Å². The van der Waals surface area contributed by atoms with Crippen LogP contribution in [0, 0.1) is 11.3 Å². The number of hydrogen-bond acceptors (Lipinski definition) is 5. The zero-order valence-corrected chi connectivity index (χ0v) is 34.8. The summed E-state index contributed by atoms with van der Waals surface area (Å²) in [4.78, 5) is 46.4. The Morgan fingerprint density at radius 3 is 1.27 bits per heavy atom. The molecule has 0 aromatic heterocycles. The molecule has 6 aromatic carbocycles. The van der Waals surface area contributed by atoms with Crippen LogP contribution in [0.25, 0.3) is 39.7 Å². The first-order valence-electron chi connectivity index (χ1n) is 21.1. The molecule has 0 fully saturated rings. The number of nitriles is 1. The van der Waals surface area contributed by atoms with Crippen LogP contribution in [0.15, 0.2) is 174 Å². The number of benzene rings is 6. The van der Waals surface area contributed by atoms with Crippen molar-refractivity contribution in [1.29, 1.82) is 5.26 Å². The summed E-state index contributed by atoms with van der Waals surface area (Å²) in [6.07, 6.45) is 4.71. The highest BCUT2D eigenvalue weighted by Crippen LogP contribution is 2.47. The van der Waals surface area contributed by atoms with E-state index in [1.807, 2.05) is 84.9 Å². The SMILES string of the molecule is CCCCN1C(=O)C2=C(c3ccc(-c4ccc(N(c5ccccc5)c5ccccc5)cc4)cc3)N(CCCC)C(=O)C2=C1c1ccc(-c2ccc(/C=C(\C#N)C(=O)O)cc2)cc1. The third-order valence-corrected chi connectivity index (χ3v) is 11.4. The van der Waals surface area contributed by atoms with E-state index in [9.17, 15) is 19.5 Å². The Hall–Kier alpha value is -7.76. The maximum absolute atomic E-state index is 14.6. The topological polar surface area (TPSA) is 105 Å². The minimum Gasteiger partial charge on any atom is -0.477 e. The van der Waals surface area contributed by atoms with Crippen LogP contribution in [0.5, 0.6) is 0 Å². The molecule has 306 valence electrons. The van der Waals surface area contributed by atoms with Crippen LogP contribution in [-0.4, -0.2) is 45.8 Å². The van der Waals surface area contributed by atoms with Crippen molar-refractivity contribution in [2.75, 3.05) is 18.0 Å². The second kappa shape index (κ2) is 18.2.